The van der Waals surface area contributed by atoms with Gasteiger partial charge in [0.05, 0.1) is 31.1 Å². The molecule has 2 aliphatic rings. The fraction of sp³-hybridized carbons (Fsp3) is 0.517. The second kappa shape index (κ2) is 11.7. The number of carboxylic acid groups (broad SMARTS) is 1. The number of carboxylic acids is 1. The van der Waals surface area contributed by atoms with Gasteiger partial charge in [-0.3, -0.25) is 14.5 Å². The molecule has 2 heterocycles. The summed E-state index contributed by atoms with van der Waals surface area (Å²) in [4.78, 5) is 30.7. The van der Waals surface area contributed by atoms with E-state index >= 15 is 0 Å². The number of benzene rings is 2. The van der Waals surface area contributed by atoms with Crippen LogP contribution in [0.4, 0.5) is 0 Å². The van der Waals surface area contributed by atoms with Crippen LogP contribution in [0, 0.1) is 5.41 Å². The lowest BCUT2D eigenvalue weighted by molar-refractivity contribution is -0.161. The highest BCUT2D eigenvalue weighted by Gasteiger charge is 2.52. The lowest BCUT2D eigenvalue weighted by Crippen LogP contribution is -2.59. The number of nitrogens with zero attached hydrogens (tertiary/aromatic N) is 2. The predicted molar refractivity (Wildman–Crippen MR) is 146 cm³/mol. The third kappa shape index (κ3) is 6.14. The molecule has 2 aromatic rings. The lowest BCUT2D eigenvalue weighted by Gasteiger charge is -2.53. The van der Waals surface area contributed by atoms with E-state index in [9.17, 15) is 14.7 Å². The largest absolute Gasteiger partial charge is 0.481 e. The van der Waals surface area contributed by atoms with Crippen LogP contribution in [0.1, 0.15) is 63.1 Å². The SMILES string of the molecule is CC[C@@H](CN1CCOC[C@@H]1C)N1C(=O)[C@@](C)(CC(=O)O)C[C@H](c2cccc(Cl)c2)[C@H]1c1ccc(Cl)cc1. The van der Waals surface area contributed by atoms with E-state index in [0.29, 0.717) is 36.2 Å². The van der Waals surface area contributed by atoms with E-state index in [1.54, 1.807) is 6.92 Å². The summed E-state index contributed by atoms with van der Waals surface area (Å²) in [7, 11) is 0. The fourth-order valence-electron chi connectivity index (χ4n) is 6.00. The van der Waals surface area contributed by atoms with Gasteiger partial charge in [-0.2, -0.15) is 0 Å². The molecule has 0 saturated carbocycles. The number of likely N-dealkylation sites (tertiary alicyclic amines) is 1. The Morgan fingerprint density at radius 2 is 1.89 bits per heavy atom. The van der Waals surface area contributed by atoms with Crippen LogP contribution in [0.3, 0.4) is 0 Å². The Morgan fingerprint density at radius 3 is 2.51 bits per heavy atom. The summed E-state index contributed by atoms with van der Waals surface area (Å²) >= 11 is 12.7. The molecule has 2 aliphatic heterocycles. The Balaban J connectivity index is 1.85. The van der Waals surface area contributed by atoms with Crippen molar-refractivity contribution in [3.05, 3.63) is 69.7 Å². The first kappa shape index (κ1) is 27.9. The molecule has 1 N–H and O–H groups in total. The van der Waals surface area contributed by atoms with Crippen molar-refractivity contribution in [2.45, 2.75) is 64.1 Å². The minimum atomic E-state index is -1.05. The first-order valence-electron chi connectivity index (χ1n) is 13.0. The molecular weight excluding hydrogens is 511 g/mol. The van der Waals surface area contributed by atoms with E-state index in [-0.39, 0.29) is 36.4 Å². The number of halogens is 2. The van der Waals surface area contributed by atoms with Crippen molar-refractivity contribution >= 4 is 35.1 Å². The summed E-state index contributed by atoms with van der Waals surface area (Å²) < 4.78 is 5.65. The molecule has 6 nitrogen and oxygen atoms in total. The second-order valence-electron chi connectivity index (χ2n) is 10.7. The van der Waals surface area contributed by atoms with Crippen LogP contribution in [0.25, 0.3) is 0 Å². The number of amides is 1. The summed E-state index contributed by atoms with van der Waals surface area (Å²) in [6, 6.07) is 15.2. The lowest BCUT2D eigenvalue weighted by atomic mass is 9.67. The maximum absolute atomic E-state index is 14.4. The highest BCUT2D eigenvalue weighted by molar-refractivity contribution is 6.30. The third-order valence-corrected chi connectivity index (χ3v) is 8.43. The molecule has 0 aliphatic carbocycles. The second-order valence-corrected chi connectivity index (χ2v) is 11.6. The van der Waals surface area contributed by atoms with Crippen LogP contribution in [-0.4, -0.2) is 65.2 Å². The molecule has 1 amide bonds. The van der Waals surface area contributed by atoms with Gasteiger partial charge in [0.25, 0.3) is 0 Å². The maximum atomic E-state index is 14.4. The van der Waals surface area contributed by atoms with Crippen LogP contribution in [0.15, 0.2) is 48.5 Å². The van der Waals surface area contributed by atoms with Gasteiger partial charge in [0.15, 0.2) is 0 Å². The van der Waals surface area contributed by atoms with E-state index in [1.165, 1.54) is 0 Å². The molecule has 2 aromatic carbocycles. The summed E-state index contributed by atoms with van der Waals surface area (Å²) in [5.74, 6) is -1.22. The van der Waals surface area contributed by atoms with Crippen molar-refractivity contribution in [2.75, 3.05) is 26.3 Å². The topological polar surface area (TPSA) is 70.1 Å². The Bertz CT molecular complexity index is 1110. The molecule has 2 fully saturated rings. The van der Waals surface area contributed by atoms with E-state index in [1.807, 2.05) is 53.4 Å². The highest BCUT2D eigenvalue weighted by atomic mass is 35.5. The first-order chi connectivity index (χ1) is 17.6. The van der Waals surface area contributed by atoms with Gasteiger partial charge in [-0.15, -0.1) is 0 Å². The quantitative estimate of drug-likeness (QED) is 0.437. The highest BCUT2D eigenvalue weighted by Crippen LogP contribution is 2.52. The number of carbonyl (C=O) groups is 2. The molecule has 5 atom stereocenters. The van der Waals surface area contributed by atoms with Gasteiger partial charge >= 0.3 is 5.97 Å². The average molecular weight is 548 g/mol. The van der Waals surface area contributed by atoms with Crippen molar-refractivity contribution in [2.24, 2.45) is 5.41 Å². The molecule has 0 spiro atoms. The number of carbonyl (C=O) groups excluding carboxylic acids is 1. The molecule has 200 valence electrons. The average Bonchev–Trinajstić information content (AvgIpc) is 2.85. The summed E-state index contributed by atoms with van der Waals surface area (Å²) in [5.41, 5.74) is 0.927. The Labute approximate surface area is 229 Å². The van der Waals surface area contributed by atoms with Gasteiger partial charge in [0.1, 0.15) is 0 Å². The number of ether oxygens (including phenoxy) is 1. The van der Waals surface area contributed by atoms with Gasteiger partial charge in [0.2, 0.25) is 5.91 Å². The first-order valence-corrected chi connectivity index (χ1v) is 13.8. The number of morpholine rings is 1. The molecule has 4 rings (SSSR count). The van der Waals surface area contributed by atoms with Crippen LogP contribution < -0.4 is 0 Å². The summed E-state index contributed by atoms with van der Waals surface area (Å²) in [6.07, 6.45) is 0.926. The van der Waals surface area contributed by atoms with Crippen molar-refractivity contribution in [1.82, 2.24) is 9.80 Å². The van der Waals surface area contributed by atoms with Gasteiger partial charge in [0, 0.05) is 41.1 Å². The van der Waals surface area contributed by atoms with Crippen LogP contribution in [0.2, 0.25) is 10.0 Å². The predicted octanol–water partition coefficient (Wildman–Crippen LogP) is 6.03. The zero-order chi connectivity index (χ0) is 26.7. The molecule has 37 heavy (non-hydrogen) atoms. The van der Waals surface area contributed by atoms with Crippen LogP contribution in [-0.2, 0) is 14.3 Å². The number of aliphatic carboxylic acids is 1. The number of hydrogen-bond acceptors (Lipinski definition) is 4. The van der Waals surface area contributed by atoms with Gasteiger partial charge in [-0.1, -0.05) is 61.3 Å². The van der Waals surface area contributed by atoms with Crippen molar-refractivity contribution in [3.8, 4) is 0 Å². The van der Waals surface area contributed by atoms with Crippen LogP contribution >= 0.6 is 23.2 Å². The molecule has 8 heteroatoms. The molecule has 0 aromatic heterocycles. The maximum Gasteiger partial charge on any atom is 0.304 e. The normalized spacial score (nSPS) is 27.8. The van der Waals surface area contributed by atoms with Crippen molar-refractivity contribution in [1.29, 1.82) is 0 Å². The van der Waals surface area contributed by atoms with E-state index < -0.39 is 11.4 Å². The zero-order valence-electron chi connectivity index (χ0n) is 21.7. The number of hydrogen-bond donors (Lipinski definition) is 1. The zero-order valence-corrected chi connectivity index (χ0v) is 23.2. The summed E-state index contributed by atoms with van der Waals surface area (Å²) in [6.45, 7) is 8.86. The third-order valence-electron chi connectivity index (χ3n) is 7.95. The van der Waals surface area contributed by atoms with Crippen molar-refractivity contribution < 1.29 is 19.4 Å². The molecular formula is C29H36Cl2N2O4. The minimum Gasteiger partial charge on any atom is -0.481 e. The van der Waals surface area contributed by atoms with Gasteiger partial charge < -0.3 is 14.7 Å². The Kier molecular flexibility index (Phi) is 8.85. The Hall–Kier alpha value is -2.12. The molecule has 2 saturated heterocycles. The molecule has 0 unspecified atom stereocenters. The monoisotopic (exact) mass is 546 g/mol. The van der Waals surface area contributed by atoms with E-state index in [0.717, 1.165) is 24.1 Å². The molecule has 0 radical (unpaired) electrons. The van der Waals surface area contributed by atoms with Crippen molar-refractivity contribution in [3.63, 3.8) is 0 Å². The van der Waals surface area contributed by atoms with E-state index in [2.05, 4.69) is 18.7 Å². The fourth-order valence-corrected chi connectivity index (χ4v) is 6.32. The molecule has 0 bridgehead atoms. The minimum absolute atomic E-state index is 0.108. The summed E-state index contributed by atoms with van der Waals surface area (Å²) in [5, 5.41) is 11.1. The van der Waals surface area contributed by atoms with Gasteiger partial charge in [-0.25, -0.2) is 0 Å². The van der Waals surface area contributed by atoms with E-state index in [4.69, 9.17) is 27.9 Å². The smallest absolute Gasteiger partial charge is 0.304 e. The Morgan fingerprint density at radius 1 is 1.16 bits per heavy atom. The standard InChI is InChI=1S/C29H36Cl2N2O4/c1-4-24(17-32-12-13-37-18-19(32)2)33-27(20-8-10-22(30)11-9-20)25(21-6-5-7-23(31)14-21)15-29(3,28(33)36)16-26(34)35/h5-11,14,19,24-25,27H,4,12-13,15-18H2,1-3H3,(H,34,35)/t19-,24-,25+,27+,29+/m0/s1. The number of piperidine rings is 1. The number of rotatable bonds is 8. The van der Waals surface area contributed by atoms with Gasteiger partial charge in [-0.05, 0) is 55.2 Å². The van der Waals surface area contributed by atoms with Crippen LogP contribution in [0.5, 0.6) is 0 Å².